The molecule has 0 saturated heterocycles. The van der Waals surface area contributed by atoms with Gasteiger partial charge in [-0.2, -0.15) is 0 Å². The van der Waals surface area contributed by atoms with Gasteiger partial charge >= 0.3 is 0 Å². The van der Waals surface area contributed by atoms with Gasteiger partial charge in [-0.05, 0) is 31.4 Å². The molecule has 26 heavy (non-hydrogen) atoms. The highest BCUT2D eigenvalue weighted by Crippen LogP contribution is 2.22. The van der Waals surface area contributed by atoms with Crippen molar-refractivity contribution in [1.82, 2.24) is 20.8 Å². The van der Waals surface area contributed by atoms with Crippen molar-refractivity contribution in [3.63, 3.8) is 0 Å². The van der Waals surface area contributed by atoms with E-state index in [-0.39, 0.29) is 24.0 Å². The Balaban J connectivity index is 0.00000338. The molecule has 0 atom stereocenters. The third kappa shape index (κ3) is 7.11. The Bertz CT molecular complexity index is 670. The van der Waals surface area contributed by atoms with E-state index < -0.39 is 0 Å². The zero-order valence-electron chi connectivity index (χ0n) is 15.5. The lowest BCUT2D eigenvalue weighted by Crippen LogP contribution is -2.36. The average molecular weight is 492 g/mol. The SMILES string of the molecule is CCNC(=NCc1ccc(Cl)nc1)NCc1cc(C(CC)CC)no1.I. The number of halogens is 2. The number of aliphatic imine (C=N–C) groups is 1. The highest BCUT2D eigenvalue weighted by atomic mass is 127. The van der Waals surface area contributed by atoms with Crippen LogP contribution in [0.4, 0.5) is 0 Å². The van der Waals surface area contributed by atoms with Crippen LogP contribution in [0.2, 0.25) is 5.15 Å². The third-order valence-electron chi connectivity index (χ3n) is 3.96. The standard InChI is InChI=1S/C18H26ClN5O.HI/c1-4-14(5-2)16-9-15(25-24-16)12-23-18(20-6-3)22-11-13-7-8-17(19)21-10-13;/h7-10,14H,4-6,11-12H2,1-3H3,(H2,20,22,23);1H. The van der Waals surface area contributed by atoms with Gasteiger partial charge in [-0.25, -0.2) is 9.98 Å². The van der Waals surface area contributed by atoms with E-state index >= 15 is 0 Å². The van der Waals surface area contributed by atoms with Crippen LogP contribution in [0.15, 0.2) is 33.9 Å². The van der Waals surface area contributed by atoms with Gasteiger partial charge in [0.25, 0.3) is 0 Å². The molecule has 0 amide bonds. The van der Waals surface area contributed by atoms with Gasteiger partial charge < -0.3 is 15.2 Å². The van der Waals surface area contributed by atoms with E-state index in [4.69, 9.17) is 16.1 Å². The Morgan fingerprint density at radius 3 is 2.62 bits per heavy atom. The van der Waals surface area contributed by atoms with Gasteiger partial charge in [-0.15, -0.1) is 24.0 Å². The molecule has 0 fully saturated rings. The number of nitrogens with one attached hydrogen (secondary N) is 2. The Kier molecular flexibility index (Phi) is 10.6. The highest BCUT2D eigenvalue weighted by Gasteiger charge is 2.13. The van der Waals surface area contributed by atoms with E-state index in [9.17, 15) is 0 Å². The molecule has 2 rings (SSSR count). The van der Waals surface area contributed by atoms with Crippen molar-refractivity contribution >= 4 is 41.5 Å². The Hall–Kier alpha value is -1.35. The molecule has 2 aromatic rings. The summed E-state index contributed by atoms with van der Waals surface area (Å²) in [6.45, 7) is 8.21. The second kappa shape index (κ2) is 12.1. The molecule has 0 aliphatic carbocycles. The van der Waals surface area contributed by atoms with Gasteiger partial charge in [-0.1, -0.05) is 36.7 Å². The molecule has 0 spiro atoms. The first-order chi connectivity index (χ1) is 12.2. The van der Waals surface area contributed by atoms with Crippen molar-refractivity contribution in [3.8, 4) is 0 Å². The molecule has 2 aromatic heterocycles. The fourth-order valence-corrected chi connectivity index (χ4v) is 2.61. The lowest BCUT2D eigenvalue weighted by molar-refractivity contribution is 0.368. The van der Waals surface area contributed by atoms with E-state index in [1.54, 1.807) is 12.3 Å². The summed E-state index contributed by atoms with van der Waals surface area (Å²) in [7, 11) is 0. The third-order valence-corrected chi connectivity index (χ3v) is 4.19. The van der Waals surface area contributed by atoms with Crippen molar-refractivity contribution in [2.45, 2.75) is 52.6 Å². The topological polar surface area (TPSA) is 75.3 Å². The molecule has 0 radical (unpaired) electrons. The van der Waals surface area contributed by atoms with Crippen LogP contribution in [0.25, 0.3) is 0 Å². The van der Waals surface area contributed by atoms with Gasteiger partial charge in [0.05, 0.1) is 18.8 Å². The molecule has 6 nitrogen and oxygen atoms in total. The first-order valence-electron chi connectivity index (χ1n) is 8.74. The number of pyridine rings is 1. The van der Waals surface area contributed by atoms with Crippen LogP contribution in [-0.4, -0.2) is 22.6 Å². The van der Waals surface area contributed by atoms with Gasteiger partial charge in [-0.3, -0.25) is 0 Å². The molecule has 0 bridgehead atoms. The van der Waals surface area contributed by atoms with Gasteiger partial charge in [0.1, 0.15) is 5.15 Å². The monoisotopic (exact) mass is 491 g/mol. The Labute approximate surface area is 177 Å². The predicted octanol–water partition coefficient (Wildman–Crippen LogP) is 4.50. The molecule has 0 aromatic carbocycles. The van der Waals surface area contributed by atoms with Crippen LogP contribution in [0.1, 0.15) is 56.5 Å². The minimum absolute atomic E-state index is 0. The summed E-state index contributed by atoms with van der Waals surface area (Å²) >= 11 is 5.80. The number of nitrogens with zero attached hydrogens (tertiary/aromatic N) is 3. The van der Waals surface area contributed by atoms with Gasteiger partial charge in [0, 0.05) is 24.7 Å². The maximum absolute atomic E-state index is 5.80. The van der Waals surface area contributed by atoms with Crippen LogP contribution < -0.4 is 10.6 Å². The zero-order chi connectivity index (χ0) is 18.1. The number of hydrogen-bond acceptors (Lipinski definition) is 4. The minimum atomic E-state index is 0. The summed E-state index contributed by atoms with van der Waals surface area (Å²) in [4.78, 5) is 8.62. The first-order valence-corrected chi connectivity index (χ1v) is 9.12. The summed E-state index contributed by atoms with van der Waals surface area (Å²) in [6.07, 6.45) is 3.86. The molecular weight excluding hydrogens is 465 g/mol. The van der Waals surface area contributed by atoms with Crippen LogP contribution >= 0.6 is 35.6 Å². The summed E-state index contributed by atoms with van der Waals surface area (Å²) in [5, 5.41) is 11.2. The van der Waals surface area contributed by atoms with E-state index in [0.29, 0.717) is 24.2 Å². The van der Waals surface area contributed by atoms with Crippen LogP contribution in [-0.2, 0) is 13.1 Å². The number of guanidine groups is 1. The van der Waals surface area contributed by atoms with Gasteiger partial charge in [0.15, 0.2) is 11.7 Å². The molecular formula is C18H27ClIN5O. The Morgan fingerprint density at radius 1 is 1.23 bits per heavy atom. The molecule has 0 aliphatic heterocycles. The van der Waals surface area contributed by atoms with E-state index in [1.807, 2.05) is 19.1 Å². The van der Waals surface area contributed by atoms with Crippen molar-refractivity contribution in [2.24, 2.45) is 4.99 Å². The lowest BCUT2D eigenvalue weighted by Gasteiger charge is -2.09. The normalized spacial score (nSPS) is 11.3. The second-order valence-electron chi connectivity index (χ2n) is 5.77. The number of aromatic nitrogens is 2. The lowest BCUT2D eigenvalue weighted by atomic mass is 9.99. The van der Waals surface area contributed by atoms with Crippen molar-refractivity contribution in [3.05, 3.63) is 46.6 Å². The largest absolute Gasteiger partial charge is 0.359 e. The molecule has 0 saturated carbocycles. The summed E-state index contributed by atoms with van der Waals surface area (Å²) in [5.41, 5.74) is 2.02. The van der Waals surface area contributed by atoms with Crippen LogP contribution in [0.5, 0.6) is 0 Å². The predicted molar refractivity (Wildman–Crippen MR) is 116 cm³/mol. The number of hydrogen-bond donors (Lipinski definition) is 2. The van der Waals surface area contributed by atoms with Crippen molar-refractivity contribution in [2.75, 3.05) is 6.54 Å². The highest BCUT2D eigenvalue weighted by molar-refractivity contribution is 14.0. The molecule has 2 N–H and O–H groups in total. The summed E-state index contributed by atoms with van der Waals surface area (Å²) in [6, 6.07) is 5.71. The quantitative estimate of drug-likeness (QED) is 0.246. The number of rotatable bonds is 8. The fourth-order valence-electron chi connectivity index (χ4n) is 2.49. The second-order valence-corrected chi connectivity index (χ2v) is 6.16. The van der Waals surface area contributed by atoms with Gasteiger partial charge in [0.2, 0.25) is 0 Å². The van der Waals surface area contributed by atoms with Crippen LogP contribution in [0.3, 0.4) is 0 Å². The summed E-state index contributed by atoms with van der Waals surface area (Å²) < 4.78 is 5.43. The summed E-state index contributed by atoms with van der Waals surface area (Å²) in [5.74, 6) is 1.98. The Morgan fingerprint density at radius 2 is 2.00 bits per heavy atom. The molecule has 0 unspecified atom stereocenters. The molecule has 144 valence electrons. The van der Waals surface area contributed by atoms with Crippen molar-refractivity contribution < 1.29 is 4.52 Å². The first kappa shape index (κ1) is 22.7. The van der Waals surface area contributed by atoms with E-state index in [2.05, 4.69) is 39.6 Å². The van der Waals surface area contributed by atoms with Crippen molar-refractivity contribution in [1.29, 1.82) is 0 Å². The average Bonchev–Trinajstić information content (AvgIpc) is 3.09. The van der Waals surface area contributed by atoms with E-state index in [0.717, 1.165) is 42.4 Å². The zero-order valence-corrected chi connectivity index (χ0v) is 18.5. The van der Waals surface area contributed by atoms with E-state index in [1.165, 1.54) is 0 Å². The molecule has 0 aliphatic rings. The maximum atomic E-state index is 5.80. The maximum Gasteiger partial charge on any atom is 0.191 e. The minimum Gasteiger partial charge on any atom is -0.359 e. The fraction of sp³-hybridized carbons (Fsp3) is 0.500. The molecule has 2 heterocycles. The smallest absolute Gasteiger partial charge is 0.191 e. The van der Waals surface area contributed by atoms with Crippen LogP contribution in [0, 0.1) is 0 Å². The molecule has 8 heteroatoms.